The quantitative estimate of drug-likeness (QED) is 0.742. The average Bonchev–Trinajstić information content (AvgIpc) is 2.60. The Hall–Kier alpha value is -3.41. The van der Waals surface area contributed by atoms with Crippen molar-refractivity contribution in [1.82, 2.24) is 4.98 Å². The molecular weight excluding hydrogens is 320 g/mol. The number of aromatic nitrogens is 1. The lowest BCUT2D eigenvalue weighted by molar-refractivity contribution is -0.134. The molecule has 6 nitrogen and oxygen atoms in total. The third kappa shape index (κ3) is 5.62. The van der Waals surface area contributed by atoms with Gasteiger partial charge in [-0.15, -0.1) is 0 Å². The van der Waals surface area contributed by atoms with Gasteiger partial charge in [-0.2, -0.15) is 0 Å². The first-order valence-electron chi connectivity index (χ1n) is 7.61. The number of carboxylic acids is 2. The van der Waals surface area contributed by atoms with Crippen molar-refractivity contribution in [3.8, 4) is 0 Å². The zero-order valence-corrected chi connectivity index (χ0v) is 13.4. The van der Waals surface area contributed by atoms with Crippen LogP contribution < -0.4 is 5.73 Å². The third-order valence-corrected chi connectivity index (χ3v) is 3.52. The van der Waals surface area contributed by atoms with E-state index >= 15 is 0 Å². The zero-order chi connectivity index (χ0) is 18.2. The van der Waals surface area contributed by atoms with E-state index in [1.165, 1.54) is 16.7 Å². The molecule has 2 aromatic rings. The van der Waals surface area contributed by atoms with Crippen molar-refractivity contribution in [2.24, 2.45) is 0 Å². The number of aliphatic carboxylic acids is 2. The van der Waals surface area contributed by atoms with Crippen molar-refractivity contribution in [3.63, 3.8) is 0 Å². The van der Waals surface area contributed by atoms with Crippen molar-refractivity contribution in [2.45, 2.75) is 12.8 Å². The summed E-state index contributed by atoms with van der Waals surface area (Å²) < 4.78 is 0. The van der Waals surface area contributed by atoms with Gasteiger partial charge in [0, 0.05) is 12.2 Å². The summed E-state index contributed by atoms with van der Waals surface area (Å²) >= 11 is 0. The van der Waals surface area contributed by atoms with E-state index in [-0.39, 0.29) is 0 Å². The van der Waals surface area contributed by atoms with Crippen LogP contribution >= 0.6 is 0 Å². The molecule has 25 heavy (non-hydrogen) atoms. The summed E-state index contributed by atoms with van der Waals surface area (Å²) in [6.45, 7) is 0. The predicted octanol–water partition coefficient (Wildman–Crippen LogP) is 2.86. The molecule has 0 saturated carbocycles. The summed E-state index contributed by atoms with van der Waals surface area (Å²) in [7, 11) is 0. The van der Waals surface area contributed by atoms with Gasteiger partial charge in [0.15, 0.2) is 0 Å². The molecule has 0 radical (unpaired) electrons. The van der Waals surface area contributed by atoms with E-state index in [2.05, 4.69) is 35.3 Å². The van der Waals surface area contributed by atoms with Gasteiger partial charge in [0.25, 0.3) is 0 Å². The second kappa shape index (κ2) is 8.44. The number of hydrogen-bond acceptors (Lipinski definition) is 4. The molecule has 0 unspecified atom stereocenters. The smallest absolute Gasteiger partial charge is 0.328 e. The van der Waals surface area contributed by atoms with Crippen LogP contribution in [0, 0.1) is 0 Å². The highest BCUT2D eigenvalue weighted by molar-refractivity contribution is 5.89. The summed E-state index contributed by atoms with van der Waals surface area (Å²) in [4.78, 5) is 23.5. The van der Waals surface area contributed by atoms with Gasteiger partial charge in [0.1, 0.15) is 5.82 Å². The van der Waals surface area contributed by atoms with Crippen LogP contribution in [0.2, 0.25) is 0 Å². The number of rotatable bonds is 3. The Kier molecular flexibility index (Phi) is 6.06. The summed E-state index contributed by atoms with van der Waals surface area (Å²) in [6.07, 6.45) is 5.46. The van der Waals surface area contributed by atoms with Gasteiger partial charge in [0.05, 0.1) is 5.69 Å². The SMILES string of the molecule is Nc1cccc(C2=Cc3ccccc3CC2)n1.O=C(O)/C=C/C(=O)O. The maximum absolute atomic E-state index is 9.55. The number of pyridine rings is 1. The van der Waals surface area contributed by atoms with E-state index in [4.69, 9.17) is 15.9 Å². The number of hydrogen-bond donors (Lipinski definition) is 3. The molecule has 1 aromatic heterocycles. The van der Waals surface area contributed by atoms with E-state index < -0.39 is 11.9 Å². The van der Waals surface area contributed by atoms with E-state index in [1.54, 1.807) is 0 Å². The standard InChI is InChI=1S/C15H14N2.C4H4O4/c16-15-7-3-6-14(17-15)13-9-8-11-4-1-2-5-12(11)10-13;5-3(6)1-2-4(7)8/h1-7,10H,8-9H2,(H2,16,17);1-2H,(H,5,6)(H,7,8)/b;2-1+. The molecule has 0 spiro atoms. The van der Waals surface area contributed by atoms with E-state index in [0.717, 1.165) is 18.5 Å². The maximum Gasteiger partial charge on any atom is 0.328 e. The molecule has 1 aromatic carbocycles. The van der Waals surface area contributed by atoms with Crippen molar-refractivity contribution >= 4 is 29.4 Å². The molecule has 4 N–H and O–H groups in total. The van der Waals surface area contributed by atoms with Gasteiger partial charge >= 0.3 is 11.9 Å². The number of fused-ring (bicyclic) bond motifs is 1. The van der Waals surface area contributed by atoms with Crippen molar-refractivity contribution in [3.05, 3.63) is 71.4 Å². The summed E-state index contributed by atoms with van der Waals surface area (Å²) in [5, 5.41) is 15.6. The number of nitrogen functional groups attached to an aromatic ring is 1. The fraction of sp³-hybridized carbons (Fsp3) is 0.105. The zero-order valence-electron chi connectivity index (χ0n) is 13.4. The third-order valence-electron chi connectivity index (χ3n) is 3.52. The summed E-state index contributed by atoms with van der Waals surface area (Å²) in [5.74, 6) is -1.93. The minimum Gasteiger partial charge on any atom is -0.478 e. The normalized spacial score (nSPS) is 12.6. The summed E-state index contributed by atoms with van der Waals surface area (Å²) in [5.41, 5.74) is 10.7. The molecule has 0 atom stereocenters. The van der Waals surface area contributed by atoms with Crippen molar-refractivity contribution < 1.29 is 19.8 Å². The maximum atomic E-state index is 9.55. The number of aryl methyl sites for hydroxylation is 1. The van der Waals surface area contributed by atoms with Gasteiger partial charge < -0.3 is 15.9 Å². The highest BCUT2D eigenvalue weighted by Gasteiger charge is 2.11. The lowest BCUT2D eigenvalue weighted by atomic mass is 9.91. The lowest BCUT2D eigenvalue weighted by Gasteiger charge is -2.16. The van der Waals surface area contributed by atoms with Crippen LogP contribution in [-0.2, 0) is 16.0 Å². The molecule has 1 heterocycles. The van der Waals surface area contributed by atoms with Crippen LogP contribution in [0.1, 0.15) is 23.2 Å². The van der Waals surface area contributed by atoms with Crippen LogP contribution in [0.25, 0.3) is 11.6 Å². The fourth-order valence-electron chi connectivity index (χ4n) is 2.41. The van der Waals surface area contributed by atoms with Crippen molar-refractivity contribution in [2.75, 3.05) is 5.73 Å². The minimum atomic E-state index is -1.26. The van der Waals surface area contributed by atoms with Crippen LogP contribution in [-0.4, -0.2) is 27.1 Å². The van der Waals surface area contributed by atoms with Gasteiger partial charge in [0.2, 0.25) is 0 Å². The molecule has 0 aliphatic heterocycles. The monoisotopic (exact) mass is 338 g/mol. The second-order valence-corrected chi connectivity index (χ2v) is 5.33. The number of nitrogens with zero attached hydrogens (tertiary/aromatic N) is 1. The van der Waals surface area contributed by atoms with Gasteiger partial charge in [-0.1, -0.05) is 30.3 Å². The first kappa shape index (κ1) is 17.9. The Morgan fingerprint density at radius 3 is 2.28 bits per heavy atom. The molecule has 0 amide bonds. The molecular formula is C19H18N2O4. The Balaban J connectivity index is 0.000000242. The molecule has 1 aliphatic rings. The Labute approximate surface area is 144 Å². The van der Waals surface area contributed by atoms with E-state index in [0.29, 0.717) is 18.0 Å². The van der Waals surface area contributed by atoms with E-state index in [1.807, 2.05) is 18.2 Å². The molecule has 1 aliphatic carbocycles. The highest BCUT2D eigenvalue weighted by Crippen LogP contribution is 2.29. The fourth-order valence-corrected chi connectivity index (χ4v) is 2.41. The lowest BCUT2D eigenvalue weighted by Crippen LogP contribution is -2.01. The van der Waals surface area contributed by atoms with Crippen LogP contribution in [0.4, 0.5) is 5.82 Å². The Morgan fingerprint density at radius 1 is 0.960 bits per heavy atom. The number of anilines is 1. The van der Waals surface area contributed by atoms with E-state index in [9.17, 15) is 9.59 Å². The number of nitrogens with two attached hydrogens (primary N) is 1. The second-order valence-electron chi connectivity index (χ2n) is 5.33. The summed E-state index contributed by atoms with van der Waals surface area (Å²) in [6, 6.07) is 14.3. The number of allylic oxidation sites excluding steroid dienone is 1. The minimum absolute atomic E-state index is 0.558. The number of carboxylic acid groups (broad SMARTS) is 2. The van der Waals surface area contributed by atoms with Crippen molar-refractivity contribution in [1.29, 1.82) is 0 Å². The van der Waals surface area contributed by atoms with Gasteiger partial charge in [-0.25, -0.2) is 14.6 Å². The average molecular weight is 338 g/mol. The predicted molar refractivity (Wildman–Crippen MR) is 95.7 cm³/mol. The number of benzene rings is 1. The Bertz CT molecular complexity index is 825. The van der Waals surface area contributed by atoms with Crippen LogP contribution in [0.3, 0.4) is 0 Å². The topological polar surface area (TPSA) is 114 Å². The van der Waals surface area contributed by atoms with Crippen LogP contribution in [0.5, 0.6) is 0 Å². The van der Waals surface area contributed by atoms with Crippen LogP contribution in [0.15, 0.2) is 54.6 Å². The number of carbonyl (C=O) groups is 2. The van der Waals surface area contributed by atoms with Gasteiger partial charge in [-0.3, -0.25) is 0 Å². The Morgan fingerprint density at radius 2 is 1.64 bits per heavy atom. The molecule has 3 rings (SSSR count). The molecule has 6 heteroatoms. The first-order valence-corrected chi connectivity index (χ1v) is 7.61. The largest absolute Gasteiger partial charge is 0.478 e. The van der Waals surface area contributed by atoms with Gasteiger partial charge in [-0.05, 0) is 47.8 Å². The molecule has 0 bridgehead atoms. The first-order chi connectivity index (χ1) is 12.0. The molecule has 0 saturated heterocycles. The highest BCUT2D eigenvalue weighted by atomic mass is 16.4. The molecule has 128 valence electrons. The molecule has 0 fully saturated rings.